The van der Waals surface area contributed by atoms with Crippen LogP contribution in [0.25, 0.3) is 0 Å². The maximum Gasteiger partial charge on any atom is 0.233 e. The molecule has 1 aliphatic rings. The average Bonchev–Trinajstić information content (AvgIpc) is 3.04. The fourth-order valence-corrected chi connectivity index (χ4v) is 3.03. The van der Waals surface area contributed by atoms with Crippen molar-refractivity contribution < 1.29 is 4.52 Å². The number of nitrogens with two attached hydrogens (primary N) is 1. The van der Waals surface area contributed by atoms with Crippen molar-refractivity contribution in [1.82, 2.24) is 10.1 Å². The number of hydrogen-bond donors (Lipinski definition) is 1. The van der Waals surface area contributed by atoms with Gasteiger partial charge < -0.3 is 10.3 Å². The first-order chi connectivity index (χ1) is 10.2. The average molecular weight is 285 g/mol. The fraction of sp³-hybridized carbons (Fsp3) is 0.529. The first-order valence-corrected chi connectivity index (χ1v) is 7.80. The Morgan fingerprint density at radius 3 is 2.95 bits per heavy atom. The summed E-state index contributed by atoms with van der Waals surface area (Å²) in [5.74, 6) is 1.74. The highest BCUT2D eigenvalue weighted by molar-refractivity contribution is 5.36. The van der Waals surface area contributed by atoms with Gasteiger partial charge in [0.2, 0.25) is 5.89 Å². The zero-order valence-electron chi connectivity index (χ0n) is 12.8. The Balaban J connectivity index is 1.95. The summed E-state index contributed by atoms with van der Waals surface area (Å²) in [6.45, 7) is 4.71. The van der Waals surface area contributed by atoms with Crippen molar-refractivity contribution in [3.05, 3.63) is 47.1 Å². The van der Waals surface area contributed by atoms with Crippen LogP contribution in [0.2, 0.25) is 0 Å². The molecule has 4 nitrogen and oxygen atoms in total. The van der Waals surface area contributed by atoms with Gasteiger partial charge in [-0.25, -0.2) is 0 Å². The molecule has 3 rings (SSSR count). The van der Waals surface area contributed by atoms with Crippen LogP contribution in [0.3, 0.4) is 0 Å². The third-order valence-corrected chi connectivity index (χ3v) is 4.87. The van der Waals surface area contributed by atoms with Crippen LogP contribution < -0.4 is 5.73 Å². The van der Waals surface area contributed by atoms with Crippen LogP contribution in [0.1, 0.15) is 61.9 Å². The predicted molar refractivity (Wildman–Crippen MR) is 82.2 cm³/mol. The largest absolute Gasteiger partial charge is 0.339 e. The van der Waals surface area contributed by atoms with Gasteiger partial charge in [0, 0.05) is 12.5 Å². The third kappa shape index (κ3) is 2.48. The number of rotatable bonds is 4. The Labute approximate surface area is 125 Å². The first kappa shape index (κ1) is 14.3. The number of aryl methyl sites for hydroxylation is 1. The van der Waals surface area contributed by atoms with Crippen LogP contribution in [0.5, 0.6) is 0 Å². The standard InChI is InChI=1S/C17H23N3O/c1-3-17(2,11-18)16-19-15(20-21-16)14-10-6-8-12-7-4-5-9-13(12)14/h4-5,7,9,14H,3,6,8,10-11,18H2,1-2H3. The van der Waals surface area contributed by atoms with E-state index in [1.54, 1.807) is 0 Å². The van der Waals surface area contributed by atoms with E-state index in [2.05, 4.69) is 48.3 Å². The van der Waals surface area contributed by atoms with Crippen molar-refractivity contribution in [3.8, 4) is 0 Å². The maximum atomic E-state index is 5.89. The molecule has 0 bridgehead atoms. The van der Waals surface area contributed by atoms with Gasteiger partial charge in [-0.3, -0.25) is 0 Å². The molecule has 0 amide bonds. The molecule has 0 saturated heterocycles. The van der Waals surface area contributed by atoms with Crippen LogP contribution in [0, 0.1) is 0 Å². The topological polar surface area (TPSA) is 64.9 Å². The van der Waals surface area contributed by atoms with Crippen molar-refractivity contribution in [3.63, 3.8) is 0 Å². The van der Waals surface area contributed by atoms with Crippen LogP contribution in [0.4, 0.5) is 0 Å². The number of benzene rings is 1. The number of aromatic nitrogens is 2. The maximum absolute atomic E-state index is 5.89. The Morgan fingerprint density at radius 2 is 2.19 bits per heavy atom. The van der Waals surface area contributed by atoms with Crippen LogP contribution in [0.15, 0.2) is 28.8 Å². The zero-order valence-corrected chi connectivity index (χ0v) is 12.8. The van der Waals surface area contributed by atoms with Gasteiger partial charge in [0.05, 0.1) is 5.41 Å². The van der Waals surface area contributed by atoms with Gasteiger partial charge in [0.15, 0.2) is 5.82 Å². The Hall–Kier alpha value is -1.68. The van der Waals surface area contributed by atoms with Gasteiger partial charge in [0.1, 0.15) is 0 Å². The molecule has 0 aliphatic heterocycles. The molecule has 0 fully saturated rings. The Morgan fingerprint density at radius 1 is 1.38 bits per heavy atom. The summed E-state index contributed by atoms with van der Waals surface area (Å²) in [7, 11) is 0. The normalized spacial score (nSPS) is 20.8. The highest BCUT2D eigenvalue weighted by atomic mass is 16.5. The Kier molecular flexibility index (Phi) is 3.81. The lowest BCUT2D eigenvalue weighted by atomic mass is 9.82. The van der Waals surface area contributed by atoms with Crippen LogP contribution >= 0.6 is 0 Å². The highest BCUT2D eigenvalue weighted by Crippen LogP contribution is 2.36. The minimum absolute atomic E-state index is 0.223. The monoisotopic (exact) mass is 285 g/mol. The lowest BCUT2D eigenvalue weighted by Gasteiger charge is -2.23. The lowest BCUT2D eigenvalue weighted by molar-refractivity contribution is 0.288. The second kappa shape index (κ2) is 5.60. The van der Waals surface area contributed by atoms with E-state index in [1.807, 2.05) is 0 Å². The predicted octanol–water partition coefficient (Wildman–Crippen LogP) is 3.16. The second-order valence-electron chi connectivity index (χ2n) is 6.22. The smallest absolute Gasteiger partial charge is 0.233 e. The molecule has 0 spiro atoms. The van der Waals surface area contributed by atoms with Crippen molar-refractivity contribution in [2.24, 2.45) is 5.73 Å². The highest BCUT2D eigenvalue weighted by Gasteiger charge is 2.32. The molecular weight excluding hydrogens is 262 g/mol. The molecule has 2 unspecified atom stereocenters. The summed E-state index contributed by atoms with van der Waals surface area (Å²) in [5.41, 5.74) is 8.43. The molecule has 1 aliphatic carbocycles. The summed E-state index contributed by atoms with van der Waals surface area (Å²) in [6.07, 6.45) is 4.30. The molecule has 4 heteroatoms. The van der Waals surface area contributed by atoms with E-state index in [4.69, 9.17) is 10.3 Å². The summed E-state index contributed by atoms with van der Waals surface area (Å²) in [6, 6.07) is 8.59. The molecule has 2 N–H and O–H groups in total. The van der Waals surface area contributed by atoms with E-state index in [0.29, 0.717) is 12.4 Å². The molecule has 2 aromatic rings. The molecule has 2 atom stereocenters. The van der Waals surface area contributed by atoms with Gasteiger partial charge in [-0.15, -0.1) is 0 Å². The summed E-state index contributed by atoms with van der Waals surface area (Å²) >= 11 is 0. The Bertz CT molecular complexity index is 616. The molecule has 112 valence electrons. The van der Waals surface area contributed by atoms with E-state index in [0.717, 1.165) is 25.1 Å². The van der Waals surface area contributed by atoms with Gasteiger partial charge in [-0.2, -0.15) is 4.98 Å². The van der Waals surface area contributed by atoms with E-state index in [9.17, 15) is 0 Å². The molecule has 1 heterocycles. The van der Waals surface area contributed by atoms with Gasteiger partial charge >= 0.3 is 0 Å². The summed E-state index contributed by atoms with van der Waals surface area (Å²) in [5, 5.41) is 4.26. The summed E-state index contributed by atoms with van der Waals surface area (Å²) < 4.78 is 5.54. The van der Waals surface area contributed by atoms with E-state index < -0.39 is 0 Å². The first-order valence-electron chi connectivity index (χ1n) is 7.80. The minimum atomic E-state index is -0.223. The third-order valence-electron chi connectivity index (χ3n) is 4.87. The van der Waals surface area contributed by atoms with Crippen molar-refractivity contribution in [1.29, 1.82) is 0 Å². The molecule has 0 saturated carbocycles. The van der Waals surface area contributed by atoms with Gasteiger partial charge in [0.25, 0.3) is 0 Å². The quantitative estimate of drug-likeness (QED) is 0.937. The molecular formula is C17H23N3O. The van der Waals surface area contributed by atoms with Gasteiger partial charge in [-0.05, 0) is 43.7 Å². The fourth-order valence-electron chi connectivity index (χ4n) is 3.03. The van der Waals surface area contributed by atoms with Gasteiger partial charge in [-0.1, -0.05) is 36.3 Å². The van der Waals surface area contributed by atoms with Crippen LogP contribution in [-0.4, -0.2) is 16.7 Å². The minimum Gasteiger partial charge on any atom is -0.339 e. The van der Waals surface area contributed by atoms with E-state index in [1.165, 1.54) is 17.5 Å². The van der Waals surface area contributed by atoms with E-state index in [-0.39, 0.29) is 11.3 Å². The molecule has 1 aromatic carbocycles. The van der Waals surface area contributed by atoms with Crippen molar-refractivity contribution in [2.45, 2.75) is 50.9 Å². The molecule has 0 radical (unpaired) electrons. The number of nitrogens with zero attached hydrogens (tertiary/aromatic N) is 2. The zero-order chi connectivity index (χ0) is 14.9. The van der Waals surface area contributed by atoms with Crippen LogP contribution in [-0.2, 0) is 11.8 Å². The van der Waals surface area contributed by atoms with E-state index >= 15 is 0 Å². The van der Waals surface area contributed by atoms with Crippen molar-refractivity contribution in [2.75, 3.05) is 6.54 Å². The lowest BCUT2D eigenvalue weighted by Crippen LogP contribution is -2.31. The summed E-state index contributed by atoms with van der Waals surface area (Å²) in [4.78, 5) is 4.69. The number of fused-ring (bicyclic) bond motifs is 1. The molecule has 1 aromatic heterocycles. The number of hydrogen-bond acceptors (Lipinski definition) is 4. The molecule has 21 heavy (non-hydrogen) atoms. The SMILES string of the molecule is CCC(C)(CN)c1nc(C2CCCc3ccccc32)no1. The van der Waals surface area contributed by atoms with Crippen molar-refractivity contribution >= 4 is 0 Å². The second-order valence-corrected chi connectivity index (χ2v) is 6.22.